The number of rotatable bonds is 1. The summed E-state index contributed by atoms with van der Waals surface area (Å²) in [6, 6.07) is 0. The molecular formula is C8H11NaO2. The zero-order valence-corrected chi connectivity index (χ0v) is 9.09. The van der Waals surface area contributed by atoms with Gasteiger partial charge in [0.2, 0.25) is 0 Å². The van der Waals surface area contributed by atoms with Crippen molar-refractivity contribution in [2.45, 2.75) is 26.2 Å². The Labute approximate surface area is 89.0 Å². The van der Waals surface area contributed by atoms with Crippen LogP contribution in [0.4, 0.5) is 0 Å². The Morgan fingerprint density at radius 3 is 2.55 bits per heavy atom. The molecule has 1 rings (SSSR count). The number of ketones is 1. The summed E-state index contributed by atoms with van der Waals surface area (Å²) in [5.41, 5.74) is 0. The molecule has 0 amide bonds. The Bertz CT molecular complexity index is 156. The molecule has 0 aliphatic heterocycles. The van der Waals surface area contributed by atoms with E-state index in [2.05, 4.69) is 0 Å². The number of carbonyl (C=O) groups excluding carboxylic acids is 2. The van der Waals surface area contributed by atoms with Gasteiger partial charge in [-0.25, -0.2) is 0 Å². The van der Waals surface area contributed by atoms with Crippen LogP contribution in [0.3, 0.4) is 0 Å². The maximum atomic E-state index is 11.0. The third kappa shape index (κ3) is 3.06. The summed E-state index contributed by atoms with van der Waals surface area (Å²) >= 11 is 0. The molecule has 56 valence electrons. The van der Waals surface area contributed by atoms with Crippen LogP contribution in [0.15, 0.2) is 0 Å². The van der Waals surface area contributed by atoms with Crippen LogP contribution in [0.1, 0.15) is 26.2 Å². The molecule has 0 saturated heterocycles. The van der Waals surface area contributed by atoms with E-state index >= 15 is 0 Å². The van der Waals surface area contributed by atoms with Crippen molar-refractivity contribution >= 4 is 12.1 Å². The summed E-state index contributed by atoms with van der Waals surface area (Å²) in [4.78, 5) is 21.1. The van der Waals surface area contributed by atoms with Crippen LogP contribution in [0.2, 0.25) is 0 Å². The third-order valence-corrected chi connectivity index (χ3v) is 2.03. The molecule has 0 heterocycles. The summed E-state index contributed by atoms with van der Waals surface area (Å²) < 4.78 is 0. The fourth-order valence-corrected chi connectivity index (χ4v) is 1.32. The summed E-state index contributed by atoms with van der Waals surface area (Å²) in [6.07, 6.45) is 4.05. The van der Waals surface area contributed by atoms with Crippen molar-refractivity contribution in [2.75, 3.05) is 0 Å². The predicted molar refractivity (Wildman–Crippen MR) is 37.2 cm³/mol. The number of Topliss-reactive ketones (excluding diaryl/α,β-unsaturated/α-hetero) is 1. The molecule has 0 N–H and O–H groups in total. The van der Waals surface area contributed by atoms with Crippen molar-refractivity contribution in [1.82, 2.24) is 0 Å². The molecule has 1 saturated carbocycles. The third-order valence-electron chi connectivity index (χ3n) is 2.03. The van der Waals surface area contributed by atoms with E-state index in [9.17, 15) is 9.59 Å². The molecule has 1 fully saturated rings. The fourth-order valence-electron chi connectivity index (χ4n) is 1.32. The van der Waals surface area contributed by atoms with Crippen LogP contribution in [0, 0.1) is 11.8 Å². The van der Waals surface area contributed by atoms with E-state index in [-0.39, 0.29) is 35.3 Å². The van der Waals surface area contributed by atoms with Crippen LogP contribution in [0.5, 0.6) is 0 Å². The summed E-state index contributed by atoms with van der Waals surface area (Å²) in [5, 5.41) is 0. The fraction of sp³-hybridized carbons (Fsp3) is 0.750. The average Bonchev–Trinajstić information content (AvgIpc) is 1.88. The van der Waals surface area contributed by atoms with E-state index in [1.165, 1.54) is 0 Å². The molecule has 3 heteroatoms. The zero-order chi connectivity index (χ0) is 7.56. The predicted octanol–water partition coefficient (Wildman–Crippen LogP) is -1.89. The first-order valence-electron chi connectivity index (χ1n) is 3.64. The zero-order valence-electron chi connectivity index (χ0n) is 7.09. The Hall–Kier alpha value is 0.340. The van der Waals surface area contributed by atoms with Crippen molar-refractivity contribution in [3.63, 3.8) is 0 Å². The monoisotopic (exact) mass is 162 g/mol. The number of hydrogen-bond donors (Lipinski definition) is 0. The summed E-state index contributed by atoms with van der Waals surface area (Å²) in [5.74, 6) is 0.141. The van der Waals surface area contributed by atoms with E-state index in [0.717, 1.165) is 6.42 Å². The molecule has 2 unspecified atom stereocenters. The van der Waals surface area contributed by atoms with E-state index in [4.69, 9.17) is 0 Å². The van der Waals surface area contributed by atoms with Gasteiger partial charge in [-0.1, -0.05) is 25.7 Å². The minimum atomic E-state index is -0.406. The topological polar surface area (TPSA) is 34.1 Å². The molecule has 2 nitrogen and oxygen atoms in total. The second-order valence-electron chi connectivity index (χ2n) is 3.02. The van der Waals surface area contributed by atoms with Crippen LogP contribution < -0.4 is 29.6 Å². The second-order valence-corrected chi connectivity index (χ2v) is 3.02. The quantitative estimate of drug-likeness (QED) is 0.256. The molecular weight excluding hydrogens is 151 g/mol. The van der Waals surface area contributed by atoms with E-state index in [1.807, 2.05) is 6.92 Å². The Morgan fingerprint density at radius 1 is 1.45 bits per heavy atom. The molecule has 0 aromatic carbocycles. The molecule has 2 atom stereocenters. The number of hydrogen-bond acceptors (Lipinski definition) is 2. The molecule has 11 heavy (non-hydrogen) atoms. The first-order valence-corrected chi connectivity index (χ1v) is 3.64. The van der Waals surface area contributed by atoms with Gasteiger partial charge in [-0.05, 0) is 5.92 Å². The molecule has 1 aliphatic carbocycles. The van der Waals surface area contributed by atoms with Crippen LogP contribution in [0.25, 0.3) is 0 Å². The SMILES string of the molecule is CC1CCC([C-]=O)C(=O)C1.[Na+]. The largest absolute Gasteiger partial charge is 1.00 e. The Balaban J connectivity index is 0.000001000. The Kier molecular flexibility index (Phi) is 5.23. The van der Waals surface area contributed by atoms with Crippen LogP contribution in [-0.4, -0.2) is 12.1 Å². The van der Waals surface area contributed by atoms with Gasteiger partial charge in [-0.2, -0.15) is 0 Å². The molecule has 0 aromatic rings. The van der Waals surface area contributed by atoms with E-state index in [0.29, 0.717) is 18.8 Å². The summed E-state index contributed by atoms with van der Waals surface area (Å²) in [7, 11) is 0. The van der Waals surface area contributed by atoms with Crippen molar-refractivity contribution < 1.29 is 39.1 Å². The molecule has 0 radical (unpaired) electrons. The normalized spacial score (nSPS) is 30.8. The van der Waals surface area contributed by atoms with Crippen LogP contribution in [-0.2, 0) is 9.59 Å². The van der Waals surface area contributed by atoms with Gasteiger partial charge < -0.3 is 9.59 Å². The molecule has 0 bridgehead atoms. The van der Waals surface area contributed by atoms with Gasteiger partial charge >= 0.3 is 29.6 Å². The van der Waals surface area contributed by atoms with Gasteiger partial charge in [0.15, 0.2) is 0 Å². The minimum absolute atomic E-state index is 0. The molecule has 0 spiro atoms. The van der Waals surface area contributed by atoms with Gasteiger partial charge in [0, 0.05) is 6.42 Å². The molecule has 0 aromatic heterocycles. The van der Waals surface area contributed by atoms with Gasteiger partial charge in [0.25, 0.3) is 0 Å². The van der Waals surface area contributed by atoms with Gasteiger partial charge in [-0.15, -0.1) is 0 Å². The average molecular weight is 162 g/mol. The van der Waals surface area contributed by atoms with E-state index < -0.39 is 5.92 Å². The maximum absolute atomic E-state index is 11.0. The molecule has 1 aliphatic rings. The van der Waals surface area contributed by atoms with Gasteiger partial charge in [-0.3, -0.25) is 6.29 Å². The van der Waals surface area contributed by atoms with Crippen LogP contribution >= 0.6 is 0 Å². The van der Waals surface area contributed by atoms with Gasteiger partial charge in [0.05, 0.1) is 0 Å². The smallest absolute Gasteiger partial charge is 0.541 e. The second kappa shape index (κ2) is 5.07. The van der Waals surface area contributed by atoms with Crippen molar-refractivity contribution in [1.29, 1.82) is 0 Å². The maximum Gasteiger partial charge on any atom is 1.00 e. The Morgan fingerprint density at radius 2 is 2.09 bits per heavy atom. The van der Waals surface area contributed by atoms with Crippen molar-refractivity contribution in [2.24, 2.45) is 11.8 Å². The van der Waals surface area contributed by atoms with Gasteiger partial charge in [0.1, 0.15) is 5.78 Å². The first-order chi connectivity index (χ1) is 4.74. The first kappa shape index (κ1) is 11.3. The number of carbonyl (C=O) groups is 1. The van der Waals surface area contributed by atoms with Crippen molar-refractivity contribution in [3.8, 4) is 0 Å². The minimum Gasteiger partial charge on any atom is -0.541 e. The van der Waals surface area contributed by atoms with E-state index in [1.54, 1.807) is 6.29 Å². The van der Waals surface area contributed by atoms with Crippen molar-refractivity contribution in [3.05, 3.63) is 0 Å². The standard InChI is InChI=1S/C8H11O2.Na/c1-6-2-3-7(5-9)8(10)4-6;/h6-7H,2-4H2,1H3;/q-1;+1. The summed E-state index contributed by atoms with van der Waals surface area (Å²) in [6.45, 7) is 2.04.